The number of piperidine rings is 1. The molecule has 1 fully saturated rings. The first kappa shape index (κ1) is 21.2. The fourth-order valence-corrected chi connectivity index (χ4v) is 4.40. The molecule has 1 radical (unpaired) electrons. The molecule has 167 valence electrons. The summed E-state index contributed by atoms with van der Waals surface area (Å²) in [4.78, 5) is 22.3. The topological polar surface area (TPSA) is 85.9 Å². The third-order valence-corrected chi connectivity index (χ3v) is 6.16. The molecule has 1 saturated heterocycles. The van der Waals surface area contributed by atoms with E-state index in [1.165, 1.54) is 5.56 Å². The van der Waals surface area contributed by atoms with Gasteiger partial charge in [0.25, 0.3) is 5.56 Å². The van der Waals surface area contributed by atoms with Crippen LogP contribution in [0.2, 0.25) is 0 Å². The Labute approximate surface area is 192 Å². The molecule has 0 unspecified atom stereocenters. The molecule has 0 spiro atoms. The number of benzene rings is 1. The highest BCUT2D eigenvalue weighted by Gasteiger charge is 2.20. The Morgan fingerprint density at radius 2 is 1.82 bits per heavy atom. The molecule has 3 aromatic heterocycles. The first-order valence-electron chi connectivity index (χ1n) is 11.3. The summed E-state index contributed by atoms with van der Waals surface area (Å²) in [5, 5.41) is 12.7. The minimum Gasteiger partial charge on any atom is -0.339 e. The Hall–Kier alpha value is -3.71. The van der Waals surface area contributed by atoms with Crippen molar-refractivity contribution in [3.8, 4) is 0 Å². The van der Waals surface area contributed by atoms with Gasteiger partial charge in [-0.25, -0.2) is 15.3 Å². The van der Waals surface area contributed by atoms with Crippen molar-refractivity contribution in [1.82, 2.24) is 19.9 Å². The summed E-state index contributed by atoms with van der Waals surface area (Å²) in [6.45, 7) is 3.81. The maximum Gasteiger partial charge on any atom is 0.261 e. The summed E-state index contributed by atoms with van der Waals surface area (Å²) in [7, 11) is 1.76. The number of nitrogens with one attached hydrogen (secondary N) is 2. The van der Waals surface area contributed by atoms with E-state index in [1.54, 1.807) is 24.0 Å². The van der Waals surface area contributed by atoms with Crippen molar-refractivity contribution in [3.05, 3.63) is 82.4 Å². The monoisotopic (exact) mass is 439 g/mol. The zero-order valence-electron chi connectivity index (χ0n) is 18.9. The first-order valence-corrected chi connectivity index (χ1v) is 11.3. The zero-order valence-corrected chi connectivity index (χ0v) is 18.9. The molecule has 5 rings (SSSR count). The van der Waals surface area contributed by atoms with E-state index >= 15 is 0 Å². The normalized spacial score (nSPS) is 14.4. The summed E-state index contributed by atoms with van der Waals surface area (Å²) in [6.07, 6.45) is 5.62. The van der Waals surface area contributed by atoms with Crippen LogP contribution in [-0.2, 0) is 7.05 Å². The van der Waals surface area contributed by atoms with E-state index in [0.717, 1.165) is 42.6 Å². The highest BCUT2D eigenvalue weighted by molar-refractivity contribution is 5.95. The number of hydrogen-bond donors (Lipinski definition) is 2. The van der Waals surface area contributed by atoms with Crippen LogP contribution in [0.4, 0.5) is 23.1 Å². The second-order valence-electron chi connectivity index (χ2n) is 8.55. The molecule has 1 aliphatic rings. The van der Waals surface area contributed by atoms with E-state index < -0.39 is 0 Å². The van der Waals surface area contributed by atoms with Gasteiger partial charge >= 0.3 is 0 Å². The van der Waals surface area contributed by atoms with Crippen molar-refractivity contribution in [3.63, 3.8) is 0 Å². The van der Waals surface area contributed by atoms with Crippen molar-refractivity contribution in [2.75, 3.05) is 23.7 Å². The Morgan fingerprint density at radius 3 is 2.64 bits per heavy atom. The third kappa shape index (κ3) is 4.45. The zero-order chi connectivity index (χ0) is 22.8. The Bertz CT molecular complexity index is 1360. The quantitative estimate of drug-likeness (QED) is 0.474. The molecule has 4 heterocycles. The van der Waals surface area contributed by atoms with Crippen LogP contribution in [0.3, 0.4) is 0 Å². The van der Waals surface area contributed by atoms with Crippen molar-refractivity contribution < 1.29 is 0 Å². The molecule has 2 N–H and O–H groups in total. The average Bonchev–Trinajstić information content (AvgIpc) is 2.82. The number of rotatable bonds is 5. The van der Waals surface area contributed by atoms with Crippen molar-refractivity contribution in [1.29, 1.82) is 0 Å². The highest BCUT2D eigenvalue weighted by Crippen LogP contribution is 2.34. The summed E-state index contributed by atoms with van der Waals surface area (Å²) in [5.74, 6) is 2.32. The van der Waals surface area contributed by atoms with Gasteiger partial charge in [0, 0.05) is 38.2 Å². The van der Waals surface area contributed by atoms with E-state index in [-0.39, 0.29) is 5.56 Å². The number of aromatic nitrogens is 3. The number of nitrogens with zero attached hydrogens (tertiary/aromatic N) is 4. The summed E-state index contributed by atoms with van der Waals surface area (Å²) >= 11 is 0. The lowest BCUT2D eigenvalue weighted by Gasteiger charge is -2.24. The number of para-hydroxylation sites is 1. The number of aryl methyl sites for hydroxylation is 2. The fourth-order valence-electron chi connectivity index (χ4n) is 4.40. The van der Waals surface area contributed by atoms with E-state index in [1.807, 2.05) is 37.3 Å². The van der Waals surface area contributed by atoms with Crippen molar-refractivity contribution in [2.45, 2.75) is 25.7 Å². The van der Waals surface area contributed by atoms with Gasteiger partial charge in [0.05, 0.1) is 5.39 Å². The van der Waals surface area contributed by atoms with Crippen molar-refractivity contribution in [2.24, 2.45) is 7.05 Å². The van der Waals surface area contributed by atoms with Gasteiger partial charge in [0.2, 0.25) is 0 Å². The van der Waals surface area contributed by atoms with Crippen LogP contribution < -0.4 is 21.5 Å². The smallest absolute Gasteiger partial charge is 0.261 e. The molecule has 0 saturated carbocycles. The van der Waals surface area contributed by atoms with Crippen LogP contribution in [0.15, 0.2) is 65.7 Å². The van der Waals surface area contributed by atoms with Crippen LogP contribution in [0, 0.1) is 6.92 Å². The Balaban J connectivity index is 1.59. The fraction of sp³-hybridized carbons (Fsp3) is 0.269. The van der Waals surface area contributed by atoms with E-state index in [0.29, 0.717) is 28.8 Å². The number of hydrogen-bond acceptors (Lipinski definition) is 5. The third-order valence-electron chi connectivity index (χ3n) is 6.16. The molecular weight excluding hydrogens is 412 g/mol. The molecule has 4 aromatic rings. The largest absolute Gasteiger partial charge is 0.339 e. The van der Waals surface area contributed by atoms with Crippen LogP contribution in [-0.4, -0.2) is 27.6 Å². The molecule has 33 heavy (non-hydrogen) atoms. The lowest BCUT2D eigenvalue weighted by molar-refractivity contribution is 0.454. The van der Waals surface area contributed by atoms with Crippen LogP contribution >= 0.6 is 0 Å². The second-order valence-corrected chi connectivity index (χ2v) is 8.55. The number of pyridine rings is 3. The van der Waals surface area contributed by atoms with Crippen LogP contribution in [0.1, 0.15) is 29.9 Å². The molecule has 0 atom stereocenters. The molecule has 1 aromatic carbocycles. The summed E-state index contributed by atoms with van der Waals surface area (Å²) in [6, 6.07) is 16.0. The minimum atomic E-state index is -0.0864. The van der Waals surface area contributed by atoms with Crippen LogP contribution in [0.25, 0.3) is 10.8 Å². The predicted octanol–water partition coefficient (Wildman–Crippen LogP) is 4.61. The van der Waals surface area contributed by atoms with Gasteiger partial charge in [-0.2, -0.15) is 0 Å². The van der Waals surface area contributed by atoms with E-state index in [2.05, 4.69) is 39.1 Å². The van der Waals surface area contributed by atoms with Gasteiger partial charge in [-0.05, 0) is 72.5 Å². The molecule has 7 heteroatoms. The standard InChI is InChI=1S/C26H27N6O/c1-17-7-13-28-22(15-17)30-23-16-19-10-14-32(2)26(33)24(19)25(31-23)29-21-6-4-3-5-20(21)18-8-11-27-12-9-18/h3-7,10,13-16,18H,8-9,11-12H2,1-2H3,(H2,28,29,30,31). The van der Waals surface area contributed by atoms with Gasteiger partial charge in [-0.15, -0.1) is 0 Å². The van der Waals surface area contributed by atoms with Gasteiger partial charge < -0.3 is 15.2 Å². The maximum absolute atomic E-state index is 13.1. The maximum atomic E-state index is 13.1. The Kier molecular flexibility index (Phi) is 5.79. The lowest BCUT2D eigenvalue weighted by Crippen LogP contribution is -2.21. The summed E-state index contributed by atoms with van der Waals surface area (Å²) < 4.78 is 1.58. The SMILES string of the molecule is Cc1ccnc(Nc2cc3ccn(C)c(=O)c3c(Nc3ccccc3C3CC[N]CC3)n2)c1. The minimum absolute atomic E-state index is 0.0864. The second kappa shape index (κ2) is 9.03. The first-order chi connectivity index (χ1) is 16.1. The lowest BCUT2D eigenvalue weighted by atomic mass is 9.89. The van der Waals surface area contributed by atoms with Crippen LogP contribution in [0.5, 0.6) is 0 Å². The van der Waals surface area contributed by atoms with E-state index in [4.69, 9.17) is 4.98 Å². The predicted molar refractivity (Wildman–Crippen MR) is 133 cm³/mol. The molecule has 0 bridgehead atoms. The molecule has 1 aliphatic heterocycles. The van der Waals surface area contributed by atoms with Gasteiger partial charge in [0.1, 0.15) is 17.5 Å². The highest BCUT2D eigenvalue weighted by atomic mass is 16.1. The van der Waals surface area contributed by atoms with E-state index in [9.17, 15) is 4.79 Å². The molecule has 0 aliphatic carbocycles. The van der Waals surface area contributed by atoms with Gasteiger partial charge in [-0.1, -0.05) is 18.2 Å². The molecular formula is C26H27N6O. The molecule has 0 amide bonds. The van der Waals surface area contributed by atoms with Gasteiger partial charge in [0.15, 0.2) is 0 Å². The summed E-state index contributed by atoms with van der Waals surface area (Å²) in [5.41, 5.74) is 3.24. The molecule has 7 nitrogen and oxygen atoms in total. The number of anilines is 4. The Morgan fingerprint density at radius 1 is 1.00 bits per heavy atom. The number of fused-ring (bicyclic) bond motifs is 1. The average molecular weight is 440 g/mol. The van der Waals surface area contributed by atoms with Gasteiger partial charge in [-0.3, -0.25) is 4.79 Å². The van der Waals surface area contributed by atoms with Crippen molar-refractivity contribution >= 4 is 33.9 Å².